The summed E-state index contributed by atoms with van der Waals surface area (Å²) < 4.78 is 1.76. The Balaban J connectivity index is 1.70. The molecule has 1 fully saturated rings. The monoisotopic (exact) mass is 285 g/mol. The Hall–Kier alpha value is -2.14. The van der Waals surface area contributed by atoms with E-state index in [9.17, 15) is 9.90 Å². The van der Waals surface area contributed by atoms with Crippen LogP contribution in [0, 0.1) is 0 Å². The first kappa shape index (κ1) is 13.8. The van der Waals surface area contributed by atoms with Crippen LogP contribution in [-0.4, -0.2) is 14.7 Å². The fraction of sp³-hybridized carbons (Fsp3) is 0.375. The van der Waals surface area contributed by atoms with Crippen LogP contribution in [0.5, 0.6) is 0 Å². The molecule has 0 radical (unpaired) electrons. The summed E-state index contributed by atoms with van der Waals surface area (Å²) in [6.45, 7) is 2.28. The fourth-order valence-corrected chi connectivity index (χ4v) is 2.29. The van der Waals surface area contributed by atoms with Gasteiger partial charge in [0.25, 0.3) is 5.56 Å². The van der Waals surface area contributed by atoms with E-state index < -0.39 is 6.10 Å². The van der Waals surface area contributed by atoms with Gasteiger partial charge in [0.2, 0.25) is 0 Å². The third-order valence-corrected chi connectivity index (χ3v) is 3.73. The number of aliphatic hydroxyl groups is 1. The van der Waals surface area contributed by atoms with Gasteiger partial charge >= 0.3 is 0 Å². The molecule has 1 aliphatic rings. The molecule has 0 spiro atoms. The maximum atomic E-state index is 12.2. The Morgan fingerprint density at radius 1 is 1.38 bits per heavy atom. The number of rotatable bonds is 5. The minimum atomic E-state index is -0.464. The van der Waals surface area contributed by atoms with Gasteiger partial charge in [0, 0.05) is 25.0 Å². The normalized spacial score (nSPS) is 15.7. The molecule has 21 heavy (non-hydrogen) atoms. The zero-order valence-electron chi connectivity index (χ0n) is 12.0. The number of nitrogens with zero attached hydrogens (tertiary/aromatic N) is 2. The molecule has 1 saturated carbocycles. The number of aliphatic hydroxyl groups excluding tert-OH is 1. The Morgan fingerprint density at radius 2 is 2.10 bits per heavy atom. The van der Waals surface area contributed by atoms with Crippen molar-refractivity contribution in [2.45, 2.75) is 38.5 Å². The van der Waals surface area contributed by atoms with Crippen LogP contribution < -0.4 is 10.9 Å². The number of benzene rings is 1. The predicted molar refractivity (Wildman–Crippen MR) is 81.2 cm³/mol. The molecule has 2 aromatic rings. The van der Waals surface area contributed by atoms with Crippen LogP contribution in [-0.2, 0) is 6.54 Å². The first-order valence-electron chi connectivity index (χ1n) is 7.23. The SMILES string of the molecule is CC(O)c1ccc(CNc2nccn(C3CC3)c2=O)cc1. The molecule has 110 valence electrons. The standard InChI is InChI=1S/C16H19N3O2/c1-11(20)13-4-2-12(3-5-13)10-18-15-16(21)19(9-8-17-15)14-6-7-14/h2-5,8-9,11,14,20H,6-7,10H2,1H3,(H,17,18). The molecule has 0 saturated heterocycles. The Morgan fingerprint density at radius 3 is 2.71 bits per heavy atom. The summed E-state index contributed by atoms with van der Waals surface area (Å²) in [5.74, 6) is 0.393. The number of anilines is 1. The second-order valence-electron chi connectivity index (χ2n) is 5.49. The van der Waals surface area contributed by atoms with Gasteiger partial charge in [-0.3, -0.25) is 4.79 Å². The van der Waals surface area contributed by atoms with Gasteiger partial charge in [0.15, 0.2) is 5.82 Å². The summed E-state index contributed by atoms with van der Waals surface area (Å²) in [7, 11) is 0. The van der Waals surface area contributed by atoms with Gasteiger partial charge < -0.3 is 15.0 Å². The number of hydrogen-bond donors (Lipinski definition) is 2. The number of aromatic nitrogens is 2. The first-order valence-corrected chi connectivity index (χ1v) is 7.23. The lowest BCUT2D eigenvalue weighted by Gasteiger charge is -2.09. The van der Waals surface area contributed by atoms with Crippen molar-refractivity contribution in [1.29, 1.82) is 0 Å². The molecule has 2 N–H and O–H groups in total. The summed E-state index contributed by atoms with van der Waals surface area (Å²) in [5.41, 5.74) is 1.87. The zero-order valence-corrected chi connectivity index (χ0v) is 12.0. The average molecular weight is 285 g/mol. The van der Waals surface area contributed by atoms with Crippen LogP contribution in [0.15, 0.2) is 41.5 Å². The van der Waals surface area contributed by atoms with E-state index in [-0.39, 0.29) is 5.56 Å². The summed E-state index contributed by atoms with van der Waals surface area (Å²) in [5, 5.41) is 12.6. The fourth-order valence-electron chi connectivity index (χ4n) is 2.29. The highest BCUT2D eigenvalue weighted by atomic mass is 16.3. The molecular weight excluding hydrogens is 266 g/mol. The van der Waals surface area contributed by atoms with Crippen molar-refractivity contribution in [2.24, 2.45) is 0 Å². The second kappa shape index (κ2) is 5.69. The lowest BCUT2D eigenvalue weighted by molar-refractivity contribution is 0.199. The van der Waals surface area contributed by atoms with Crippen molar-refractivity contribution in [2.75, 3.05) is 5.32 Å². The van der Waals surface area contributed by atoms with Gasteiger partial charge in [-0.2, -0.15) is 0 Å². The minimum absolute atomic E-state index is 0.0550. The largest absolute Gasteiger partial charge is 0.389 e. The van der Waals surface area contributed by atoms with Crippen molar-refractivity contribution < 1.29 is 5.11 Å². The summed E-state index contributed by atoms with van der Waals surface area (Å²) in [6, 6.07) is 8.02. The maximum Gasteiger partial charge on any atom is 0.293 e. The summed E-state index contributed by atoms with van der Waals surface area (Å²) >= 11 is 0. The number of nitrogens with one attached hydrogen (secondary N) is 1. The molecule has 1 aromatic carbocycles. The quantitative estimate of drug-likeness (QED) is 0.884. The molecule has 3 rings (SSSR count). The van der Waals surface area contributed by atoms with E-state index in [0.29, 0.717) is 18.4 Å². The van der Waals surface area contributed by atoms with Crippen LogP contribution >= 0.6 is 0 Å². The van der Waals surface area contributed by atoms with Gasteiger partial charge in [-0.05, 0) is 30.9 Å². The van der Waals surface area contributed by atoms with Gasteiger partial charge in [-0.25, -0.2) is 4.98 Å². The average Bonchev–Trinajstić information content (AvgIpc) is 3.31. The molecule has 0 bridgehead atoms. The van der Waals surface area contributed by atoms with Crippen LogP contribution in [0.25, 0.3) is 0 Å². The number of hydrogen-bond acceptors (Lipinski definition) is 4. The van der Waals surface area contributed by atoms with Gasteiger partial charge in [-0.15, -0.1) is 0 Å². The molecule has 5 heteroatoms. The van der Waals surface area contributed by atoms with Crippen molar-refractivity contribution in [3.63, 3.8) is 0 Å². The first-order chi connectivity index (χ1) is 10.1. The highest BCUT2D eigenvalue weighted by molar-refractivity contribution is 5.34. The van der Waals surface area contributed by atoms with E-state index >= 15 is 0 Å². The van der Waals surface area contributed by atoms with Crippen molar-refractivity contribution in [3.05, 3.63) is 58.1 Å². The molecular formula is C16H19N3O2. The molecule has 1 heterocycles. The molecule has 0 aliphatic heterocycles. The summed E-state index contributed by atoms with van der Waals surface area (Å²) in [4.78, 5) is 16.3. The molecule has 5 nitrogen and oxygen atoms in total. The molecule has 1 aromatic heterocycles. The third kappa shape index (κ3) is 3.13. The van der Waals surface area contributed by atoms with Crippen LogP contribution in [0.4, 0.5) is 5.82 Å². The Kier molecular flexibility index (Phi) is 3.75. The maximum absolute atomic E-state index is 12.2. The summed E-state index contributed by atoms with van der Waals surface area (Å²) in [6.07, 6.45) is 5.10. The van der Waals surface area contributed by atoms with E-state index in [0.717, 1.165) is 24.0 Å². The van der Waals surface area contributed by atoms with Gasteiger partial charge in [-0.1, -0.05) is 24.3 Å². The smallest absolute Gasteiger partial charge is 0.293 e. The van der Waals surface area contributed by atoms with Crippen molar-refractivity contribution >= 4 is 5.82 Å². The highest BCUT2D eigenvalue weighted by Crippen LogP contribution is 2.33. The second-order valence-corrected chi connectivity index (χ2v) is 5.49. The molecule has 1 atom stereocenters. The van der Waals surface area contributed by atoms with E-state index in [2.05, 4.69) is 10.3 Å². The minimum Gasteiger partial charge on any atom is -0.389 e. The molecule has 1 aliphatic carbocycles. The van der Waals surface area contributed by atoms with E-state index in [1.165, 1.54) is 0 Å². The lowest BCUT2D eigenvalue weighted by atomic mass is 10.1. The third-order valence-electron chi connectivity index (χ3n) is 3.73. The molecule has 1 unspecified atom stereocenters. The van der Waals surface area contributed by atoms with Gasteiger partial charge in [0.05, 0.1) is 6.10 Å². The van der Waals surface area contributed by atoms with E-state index in [4.69, 9.17) is 0 Å². The van der Waals surface area contributed by atoms with Crippen molar-refractivity contribution in [3.8, 4) is 0 Å². The highest BCUT2D eigenvalue weighted by Gasteiger charge is 2.25. The Bertz CT molecular complexity index is 673. The van der Waals surface area contributed by atoms with Crippen LogP contribution in [0.2, 0.25) is 0 Å². The van der Waals surface area contributed by atoms with Crippen LogP contribution in [0.1, 0.15) is 43.0 Å². The predicted octanol–water partition coefficient (Wildman–Crippen LogP) is 2.24. The molecule has 0 amide bonds. The topological polar surface area (TPSA) is 67.2 Å². The Labute approximate surface area is 123 Å². The van der Waals surface area contributed by atoms with Crippen LogP contribution in [0.3, 0.4) is 0 Å². The van der Waals surface area contributed by atoms with Gasteiger partial charge in [0.1, 0.15) is 0 Å². The lowest BCUT2D eigenvalue weighted by Crippen LogP contribution is -2.23. The zero-order chi connectivity index (χ0) is 14.8. The van der Waals surface area contributed by atoms with E-state index in [1.54, 1.807) is 23.9 Å². The van der Waals surface area contributed by atoms with E-state index in [1.807, 2.05) is 24.3 Å². The van der Waals surface area contributed by atoms with Crippen molar-refractivity contribution in [1.82, 2.24) is 9.55 Å².